The average Bonchev–Trinajstić information content (AvgIpc) is 2.96. The van der Waals surface area contributed by atoms with Crippen LogP contribution in [0.3, 0.4) is 0 Å². The van der Waals surface area contributed by atoms with Crippen LogP contribution in [0.1, 0.15) is 10.4 Å². The number of hydrogen-bond acceptors (Lipinski definition) is 5. The van der Waals surface area contributed by atoms with Crippen molar-refractivity contribution in [2.45, 2.75) is 10.7 Å². The summed E-state index contributed by atoms with van der Waals surface area (Å²) in [6, 6.07) is 11.9. The summed E-state index contributed by atoms with van der Waals surface area (Å²) < 4.78 is 50.6. The van der Waals surface area contributed by atoms with E-state index < -0.39 is 26.4 Å². The van der Waals surface area contributed by atoms with Gasteiger partial charge in [-0.05, 0) is 36.4 Å². The maximum atomic E-state index is 12.5. The number of carbonyl (C=O) groups excluding carboxylic acids is 1. The SMILES string of the molecule is Cn1/c(=N\NC(=O)c2ccc(S(=O)(=O)C(F)F)cc2)sc2ccccc21. The monoisotopic (exact) mass is 397 g/mol. The third-order valence-corrected chi connectivity index (χ3v) is 6.16. The molecule has 136 valence electrons. The number of sulfone groups is 1. The Morgan fingerprint density at radius 1 is 1.15 bits per heavy atom. The first-order valence-corrected chi connectivity index (χ1v) is 9.68. The molecule has 3 aromatic rings. The van der Waals surface area contributed by atoms with Crippen LogP contribution in [0.4, 0.5) is 8.78 Å². The van der Waals surface area contributed by atoms with Crippen molar-refractivity contribution in [2.75, 3.05) is 0 Å². The summed E-state index contributed by atoms with van der Waals surface area (Å²) >= 11 is 1.39. The number of benzene rings is 2. The fourth-order valence-corrected chi connectivity index (χ4v) is 3.95. The molecule has 0 saturated heterocycles. The highest BCUT2D eigenvalue weighted by atomic mass is 32.2. The van der Waals surface area contributed by atoms with Crippen LogP contribution in [0, 0.1) is 0 Å². The first kappa shape index (κ1) is 18.2. The van der Waals surface area contributed by atoms with E-state index in [-0.39, 0.29) is 5.56 Å². The third-order valence-electron chi connectivity index (χ3n) is 3.65. The van der Waals surface area contributed by atoms with Gasteiger partial charge >= 0.3 is 5.76 Å². The number of para-hydroxylation sites is 1. The second-order valence-corrected chi connectivity index (χ2v) is 8.22. The molecule has 0 spiro atoms. The van der Waals surface area contributed by atoms with Crippen molar-refractivity contribution >= 4 is 37.3 Å². The Labute approximate surface area is 151 Å². The van der Waals surface area contributed by atoms with E-state index in [4.69, 9.17) is 0 Å². The molecule has 0 bridgehead atoms. The second kappa shape index (κ2) is 6.96. The first-order chi connectivity index (χ1) is 12.3. The number of nitrogens with one attached hydrogen (secondary N) is 1. The van der Waals surface area contributed by atoms with Crippen LogP contribution in [-0.4, -0.2) is 24.6 Å². The lowest BCUT2D eigenvalue weighted by Gasteiger charge is -2.04. The first-order valence-electron chi connectivity index (χ1n) is 7.31. The maximum Gasteiger partial charge on any atom is 0.341 e. The summed E-state index contributed by atoms with van der Waals surface area (Å²) in [5.41, 5.74) is 3.44. The fourth-order valence-electron chi connectivity index (χ4n) is 2.25. The number of hydrogen-bond donors (Lipinski definition) is 1. The number of carbonyl (C=O) groups is 1. The summed E-state index contributed by atoms with van der Waals surface area (Å²) in [5, 5.41) is 4.06. The molecule has 1 N–H and O–H groups in total. The topological polar surface area (TPSA) is 80.5 Å². The lowest BCUT2D eigenvalue weighted by atomic mass is 10.2. The molecule has 1 amide bonds. The van der Waals surface area contributed by atoms with Crippen molar-refractivity contribution in [1.29, 1.82) is 0 Å². The molecular formula is C16H13F2N3O3S2. The smallest absolute Gasteiger partial charge is 0.318 e. The number of fused-ring (bicyclic) bond motifs is 1. The van der Waals surface area contributed by atoms with E-state index in [1.807, 2.05) is 35.9 Å². The minimum atomic E-state index is -4.69. The van der Waals surface area contributed by atoms with E-state index in [0.717, 1.165) is 34.5 Å². The molecule has 0 fully saturated rings. The number of halogens is 2. The van der Waals surface area contributed by atoms with Crippen molar-refractivity contribution in [3.63, 3.8) is 0 Å². The highest BCUT2D eigenvalue weighted by Gasteiger charge is 2.26. The van der Waals surface area contributed by atoms with Gasteiger partial charge in [0.2, 0.25) is 14.6 Å². The van der Waals surface area contributed by atoms with E-state index >= 15 is 0 Å². The van der Waals surface area contributed by atoms with Crippen LogP contribution in [0.2, 0.25) is 0 Å². The molecule has 26 heavy (non-hydrogen) atoms. The zero-order valence-electron chi connectivity index (χ0n) is 13.4. The molecule has 0 aliphatic heterocycles. The highest BCUT2D eigenvalue weighted by molar-refractivity contribution is 7.91. The number of amides is 1. The standard InChI is InChI=1S/C16H13F2N3O3S2/c1-21-12-4-2-3-5-13(12)25-16(21)20-19-14(22)10-6-8-11(9-7-10)26(23,24)15(17)18/h2-9,15H,1H3,(H,19,22)/b20-16+. The Kier molecular flexibility index (Phi) is 4.88. The van der Waals surface area contributed by atoms with E-state index in [2.05, 4.69) is 10.5 Å². The van der Waals surface area contributed by atoms with Gasteiger partial charge in [-0.25, -0.2) is 13.8 Å². The fraction of sp³-hybridized carbons (Fsp3) is 0.125. The molecule has 1 heterocycles. The maximum absolute atomic E-state index is 12.5. The summed E-state index contributed by atoms with van der Waals surface area (Å²) in [7, 11) is -2.87. The van der Waals surface area contributed by atoms with Gasteiger partial charge in [-0.3, -0.25) is 4.79 Å². The Morgan fingerprint density at radius 3 is 2.42 bits per heavy atom. The quantitative estimate of drug-likeness (QED) is 0.687. The number of nitrogens with zero attached hydrogens (tertiary/aromatic N) is 2. The lowest BCUT2D eigenvalue weighted by Crippen LogP contribution is -2.23. The predicted molar refractivity (Wildman–Crippen MR) is 93.5 cm³/mol. The normalized spacial score (nSPS) is 12.7. The largest absolute Gasteiger partial charge is 0.341 e. The van der Waals surface area contributed by atoms with Gasteiger partial charge in [0.1, 0.15) is 0 Å². The molecule has 0 atom stereocenters. The number of thiazole rings is 1. The van der Waals surface area contributed by atoms with E-state index in [1.54, 1.807) is 0 Å². The number of aryl methyl sites for hydroxylation is 1. The van der Waals surface area contributed by atoms with Gasteiger partial charge < -0.3 is 4.57 Å². The Bertz CT molecular complexity index is 1130. The summed E-state index contributed by atoms with van der Waals surface area (Å²) in [4.78, 5) is 12.2. The second-order valence-electron chi connectivity index (χ2n) is 5.29. The predicted octanol–water partition coefficient (Wildman–Crippen LogP) is 2.48. The van der Waals surface area contributed by atoms with Crippen LogP contribution in [-0.2, 0) is 16.9 Å². The van der Waals surface area contributed by atoms with Gasteiger partial charge in [-0.1, -0.05) is 23.5 Å². The summed E-state index contributed by atoms with van der Waals surface area (Å²) in [6.45, 7) is 0. The molecule has 6 nitrogen and oxygen atoms in total. The van der Waals surface area contributed by atoms with Crippen LogP contribution in [0.25, 0.3) is 10.2 Å². The van der Waals surface area contributed by atoms with Crippen molar-refractivity contribution in [2.24, 2.45) is 12.1 Å². The van der Waals surface area contributed by atoms with E-state index in [9.17, 15) is 22.0 Å². The Balaban J connectivity index is 1.83. The molecule has 0 unspecified atom stereocenters. The van der Waals surface area contributed by atoms with Crippen LogP contribution in [0.5, 0.6) is 0 Å². The zero-order chi connectivity index (χ0) is 18.9. The molecule has 0 aliphatic carbocycles. The van der Waals surface area contributed by atoms with Gasteiger partial charge in [-0.2, -0.15) is 8.78 Å². The molecule has 0 saturated carbocycles. The van der Waals surface area contributed by atoms with E-state index in [1.165, 1.54) is 11.3 Å². The Hall–Kier alpha value is -2.59. The molecule has 1 aromatic heterocycles. The van der Waals surface area contributed by atoms with Crippen LogP contribution < -0.4 is 10.2 Å². The van der Waals surface area contributed by atoms with Gasteiger partial charge in [0.15, 0.2) is 0 Å². The highest BCUT2D eigenvalue weighted by Crippen LogP contribution is 2.18. The molecule has 3 rings (SSSR count). The molecule has 0 radical (unpaired) electrons. The molecular weight excluding hydrogens is 384 g/mol. The van der Waals surface area contributed by atoms with Crippen LogP contribution in [0.15, 0.2) is 58.5 Å². The van der Waals surface area contributed by atoms with Gasteiger partial charge in [0, 0.05) is 12.6 Å². The molecule has 10 heteroatoms. The number of aromatic nitrogens is 1. The van der Waals surface area contributed by atoms with E-state index in [0.29, 0.717) is 4.80 Å². The van der Waals surface area contributed by atoms with Crippen LogP contribution >= 0.6 is 11.3 Å². The lowest BCUT2D eigenvalue weighted by molar-refractivity contribution is 0.0953. The Morgan fingerprint density at radius 2 is 1.81 bits per heavy atom. The summed E-state index contributed by atoms with van der Waals surface area (Å²) in [6.07, 6.45) is 0. The number of rotatable bonds is 4. The van der Waals surface area contributed by atoms with Crippen molar-refractivity contribution in [3.05, 3.63) is 58.9 Å². The van der Waals surface area contributed by atoms with Gasteiger partial charge in [0.05, 0.1) is 15.1 Å². The minimum Gasteiger partial charge on any atom is -0.318 e. The molecule has 0 aliphatic rings. The molecule has 2 aromatic carbocycles. The van der Waals surface area contributed by atoms with Gasteiger partial charge in [0.25, 0.3) is 5.91 Å². The average molecular weight is 397 g/mol. The summed E-state index contributed by atoms with van der Waals surface area (Å²) in [5.74, 6) is -4.09. The van der Waals surface area contributed by atoms with Crippen molar-refractivity contribution in [3.8, 4) is 0 Å². The zero-order valence-corrected chi connectivity index (χ0v) is 15.0. The van der Waals surface area contributed by atoms with Crippen molar-refractivity contribution in [1.82, 2.24) is 9.99 Å². The number of alkyl halides is 2. The third kappa shape index (κ3) is 3.37. The van der Waals surface area contributed by atoms with Crippen molar-refractivity contribution < 1.29 is 22.0 Å². The van der Waals surface area contributed by atoms with Gasteiger partial charge in [-0.15, -0.1) is 5.10 Å². The minimum absolute atomic E-state index is 0.103.